The predicted octanol–water partition coefficient (Wildman–Crippen LogP) is 4.01. The highest BCUT2D eigenvalue weighted by Crippen LogP contribution is 2.32. The minimum Gasteiger partial charge on any atom is -0.330 e. The highest BCUT2D eigenvalue weighted by atomic mass is 32.1. The molecular formula is C15H25NS. The summed E-state index contributed by atoms with van der Waals surface area (Å²) in [6.07, 6.45) is 9.41. The number of nitrogens with two attached hydrogens (primary N) is 1. The lowest BCUT2D eigenvalue weighted by Gasteiger charge is -2.23. The molecular weight excluding hydrogens is 226 g/mol. The van der Waals surface area contributed by atoms with Crippen molar-refractivity contribution >= 4 is 11.3 Å². The summed E-state index contributed by atoms with van der Waals surface area (Å²) in [6.45, 7) is 3.13. The van der Waals surface area contributed by atoms with Gasteiger partial charge in [0, 0.05) is 9.75 Å². The van der Waals surface area contributed by atoms with E-state index in [1.807, 2.05) is 11.3 Å². The molecule has 2 unspecified atom stereocenters. The van der Waals surface area contributed by atoms with E-state index in [4.69, 9.17) is 5.73 Å². The third kappa shape index (κ3) is 3.56. The molecule has 2 rings (SSSR count). The maximum atomic E-state index is 5.95. The zero-order chi connectivity index (χ0) is 12.1. The van der Waals surface area contributed by atoms with E-state index in [0.29, 0.717) is 0 Å². The third-order valence-electron chi connectivity index (χ3n) is 4.15. The molecule has 2 heteroatoms. The SMILES string of the molecule is CCc1ccc(CC2CCCCCC2CN)s1. The summed E-state index contributed by atoms with van der Waals surface area (Å²) in [5.41, 5.74) is 5.95. The van der Waals surface area contributed by atoms with Gasteiger partial charge in [-0.1, -0.05) is 26.2 Å². The van der Waals surface area contributed by atoms with Gasteiger partial charge in [-0.25, -0.2) is 0 Å². The molecule has 96 valence electrons. The van der Waals surface area contributed by atoms with Gasteiger partial charge < -0.3 is 5.73 Å². The van der Waals surface area contributed by atoms with Gasteiger partial charge >= 0.3 is 0 Å². The van der Waals surface area contributed by atoms with Crippen LogP contribution in [-0.4, -0.2) is 6.54 Å². The number of hydrogen-bond donors (Lipinski definition) is 1. The van der Waals surface area contributed by atoms with Crippen LogP contribution in [0.1, 0.15) is 48.8 Å². The van der Waals surface area contributed by atoms with Crippen LogP contribution in [0.2, 0.25) is 0 Å². The molecule has 0 amide bonds. The summed E-state index contributed by atoms with van der Waals surface area (Å²) < 4.78 is 0. The number of hydrogen-bond acceptors (Lipinski definition) is 2. The van der Waals surface area contributed by atoms with Gasteiger partial charge in [0.1, 0.15) is 0 Å². The second-order valence-corrected chi connectivity index (χ2v) is 6.57. The molecule has 1 heterocycles. The first-order valence-corrected chi connectivity index (χ1v) is 7.92. The molecule has 0 aromatic carbocycles. The van der Waals surface area contributed by atoms with E-state index in [2.05, 4.69) is 19.1 Å². The Balaban J connectivity index is 1.99. The molecule has 1 saturated carbocycles. The first-order valence-electron chi connectivity index (χ1n) is 7.11. The third-order valence-corrected chi connectivity index (χ3v) is 5.40. The monoisotopic (exact) mass is 251 g/mol. The average Bonchev–Trinajstić information content (AvgIpc) is 2.68. The van der Waals surface area contributed by atoms with Crippen LogP contribution >= 0.6 is 11.3 Å². The number of rotatable bonds is 4. The van der Waals surface area contributed by atoms with Gasteiger partial charge in [-0.05, 0) is 56.2 Å². The maximum absolute atomic E-state index is 5.95. The Hall–Kier alpha value is -0.340. The molecule has 1 aliphatic carbocycles. The molecule has 0 aliphatic heterocycles. The fourth-order valence-electron chi connectivity index (χ4n) is 3.02. The molecule has 1 nitrogen and oxygen atoms in total. The quantitative estimate of drug-likeness (QED) is 0.804. The minimum absolute atomic E-state index is 0.768. The van der Waals surface area contributed by atoms with Crippen molar-refractivity contribution in [3.05, 3.63) is 21.9 Å². The maximum Gasteiger partial charge on any atom is 0.00510 e. The van der Waals surface area contributed by atoms with E-state index in [-0.39, 0.29) is 0 Å². The molecule has 2 atom stereocenters. The van der Waals surface area contributed by atoms with Gasteiger partial charge in [-0.3, -0.25) is 0 Å². The first kappa shape index (κ1) is 13.1. The summed E-state index contributed by atoms with van der Waals surface area (Å²) >= 11 is 2.01. The average molecular weight is 251 g/mol. The van der Waals surface area contributed by atoms with Crippen LogP contribution in [0.25, 0.3) is 0 Å². The van der Waals surface area contributed by atoms with Crippen LogP contribution in [0.4, 0.5) is 0 Å². The van der Waals surface area contributed by atoms with Gasteiger partial charge in [0.25, 0.3) is 0 Å². The summed E-state index contributed by atoms with van der Waals surface area (Å²) in [7, 11) is 0. The summed E-state index contributed by atoms with van der Waals surface area (Å²) in [6, 6.07) is 4.64. The topological polar surface area (TPSA) is 26.0 Å². The van der Waals surface area contributed by atoms with Gasteiger partial charge in [-0.15, -0.1) is 11.3 Å². The van der Waals surface area contributed by atoms with E-state index in [9.17, 15) is 0 Å². The van der Waals surface area contributed by atoms with Crippen molar-refractivity contribution in [1.82, 2.24) is 0 Å². The lowest BCUT2D eigenvalue weighted by Crippen LogP contribution is -2.23. The predicted molar refractivity (Wildman–Crippen MR) is 76.5 cm³/mol. The van der Waals surface area contributed by atoms with Crippen LogP contribution in [0.15, 0.2) is 12.1 Å². The van der Waals surface area contributed by atoms with Crippen LogP contribution < -0.4 is 5.73 Å². The Morgan fingerprint density at radius 2 is 1.82 bits per heavy atom. The molecule has 2 N–H and O–H groups in total. The standard InChI is InChI=1S/C15H25NS/c1-2-14-8-9-15(17-14)10-12-6-4-3-5-7-13(12)11-16/h8-9,12-13H,2-7,10-11,16H2,1H3. The number of thiophene rings is 1. The Labute approximate surface area is 109 Å². The van der Waals surface area contributed by atoms with E-state index < -0.39 is 0 Å². The fourth-order valence-corrected chi connectivity index (χ4v) is 4.07. The molecule has 0 bridgehead atoms. The van der Waals surface area contributed by atoms with E-state index >= 15 is 0 Å². The second kappa shape index (κ2) is 6.55. The molecule has 0 saturated heterocycles. The van der Waals surface area contributed by atoms with Crippen LogP contribution in [0.5, 0.6) is 0 Å². The van der Waals surface area contributed by atoms with Crippen LogP contribution in [-0.2, 0) is 12.8 Å². The Morgan fingerprint density at radius 3 is 2.47 bits per heavy atom. The van der Waals surface area contributed by atoms with Gasteiger partial charge in [0.15, 0.2) is 0 Å². The van der Waals surface area contributed by atoms with Crippen molar-refractivity contribution in [3.8, 4) is 0 Å². The smallest absolute Gasteiger partial charge is 0.00510 e. The molecule has 1 aromatic heterocycles. The molecule has 1 aromatic rings. The van der Waals surface area contributed by atoms with Crippen molar-refractivity contribution in [2.45, 2.75) is 51.9 Å². The van der Waals surface area contributed by atoms with E-state index in [1.165, 1.54) is 49.8 Å². The Morgan fingerprint density at radius 1 is 1.12 bits per heavy atom. The summed E-state index contributed by atoms with van der Waals surface area (Å²) in [5, 5.41) is 0. The van der Waals surface area contributed by atoms with Crippen molar-refractivity contribution in [3.63, 3.8) is 0 Å². The van der Waals surface area contributed by atoms with Crippen molar-refractivity contribution in [2.75, 3.05) is 6.54 Å². The van der Waals surface area contributed by atoms with Crippen LogP contribution in [0.3, 0.4) is 0 Å². The lowest BCUT2D eigenvalue weighted by atomic mass is 9.85. The highest BCUT2D eigenvalue weighted by molar-refractivity contribution is 7.11. The summed E-state index contributed by atoms with van der Waals surface area (Å²) in [4.78, 5) is 3.10. The van der Waals surface area contributed by atoms with Crippen LogP contribution in [0, 0.1) is 11.8 Å². The van der Waals surface area contributed by atoms with E-state index in [0.717, 1.165) is 18.4 Å². The zero-order valence-corrected chi connectivity index (χ0v) is 11.8. The Bertz CT molecular complexity index is 331. The second-order valence-electron chi connectivity index (χ2n) is 5.32. The molecule has 1 aliphatic rings. The van der Waals surface area contributed by atoms with Crippen molar-refractivity contribution in [1.29, 1.82) is 0 Å². The summed E-state index contributed by atoms with van der Waals surface area (Å²) in [5.74, 6) is 1.61. The first-order chi connectivity index (χ1) is 8.33. The minimum atomic E-state index is 0.768. The lowest BCUT2D eigenvalue weighted by molar-refractivity contribution is 0.320. The Kier molecular flexibility index (Phi) is 5.05. The van der Waals surface area contributed by atoms with Crippen molar-refractivity contribution < 1.29 is 0 Å². The van der Waals surface area contributed by atoms with Crippen molar-refractivity contribution in [2.24, 2.45) is 17.6 Å². The fraction of sp³-hybridized carbons (Fsp3) is 0.733. The molecule has 17 heavy (non-hydrogen) atoms. The molecule has 1 fully saturated rings. The zero-order valence-electron chi connectivity index (χ0n) is 11.0. The molecule has 0 radical (unpaired) electrons. The normalized spacial score (nSPS) is 25.8. The van der Waals surface area contributed by atoms with Gasteiger partial charge in [-0.2, -0.15) is 0 Å². The largest absolute Gasteiger partial charge is 0.330 e. The van der Waals surface area contributed by atoms with Gasteiger partial charge in [0.05, 0.1) is 0 Å². The van der Waals surface area contributed by atoms with E-state index in [1.54, 1.807) is 4.88 Å². The molecule has 0 spiro atoms. The van der Waals surface area contributed by atoms with Gasteiger partial charge in [0.2, 0.25) is 0 Å². The number of aryl methyl sites for hydroxylation is 1. The highest BCUT2D eigenvalue weighted by Gasteiger charge is 2.23.